The van der Waals surface area contributed by atoms with Gasteiger partial charge in [0.05, 0.1) is 18.3 Å². The van der Waals surface area contributed by atoms with Crippen LogP contribution in [-0.2, 0) is 27.3 Å². The van der Waals surface area contributed by atoms with E-state index < -0.39 is 41.8 Å². The van der Waals surface area contributed by atoms with Gasteiger partial charge in [-0.2, -0.15) is 0 Å². The van der Waals surface area contributed by atoms with Crippen molar-refractivity contribution < 1.29 is 56.6 Å². The molecular weight excluding hydrogens is 357 g/mol. The molecule has 0 radical (unpaired) electrons. The highest BCUT2D eigenvalue weighted by Gasteiger charge is 2.39. The lowest BCUT2D eigenvalue weighted by Gasteiger charge is -2.34. The van der Waals surface area contributed by atoms with Gasteiger partial charge in [-0.1, -0.05) is 0 Å². The number of hydrogen-bond acceptors (Lipinski definition) is 6. The zero-order valence-corrected chi connectivity index (χ0v) is 13.0. The van der Waals surface area contributed by atoms with E-state index in [-0.39, 0.29) is 19.3 Å². The number of rotatable bonds is 6. The Bertz CT molecular complexity index is 410. The quantitative estimate of drug-likeness (QED) is 0.330. The largest absolute Gasteiger partial charge is 0.469 e. The zero-order chi connectivity index (χ0) is 16.5. The van der Waals surface area contributed by atoms with Crippen molar-refractivity contribution in [1.82, 2.24) is 0 Å². The molecule has 21 heavy (non-hydrogen) atoms. The third kappa shape index (κ3) is 9.14. The molecule has 1 rings (SSSR count). The van der Waals surface area contributed by atoms with Crippen LogP contribution in [0.4, 0.5) is 0 Å². The van der Waals surface area contributed by atoms with E-state index in [1.54, 1.807) is 0 Å². The summed E-state index contributed by atoms with van der Waals surface area (Å²) in [7, 11) is -14.7. The molecule has 1 fully saturated rings. The average molecular weight is 372 g/mol. The summed E-state index contributed by atoms with van der Waals surface area (Å²) < 4.78 is 45.4. The number of phosphoric acid groups is 3. The smallest absolute Gasteiger partial charge is 0.303 e. The molecule has 0 amide bonds. The molecule has 0 aliphatic heterocycles. The third-order valence-electron chi connectivity index (χ3n) is 2.44. The maximum atomic E-state index is 10.8. The van der Waals surface area contributed by atoms with Crippen LogP contribution in [0.15, 0.2) is 0 Å². The van der Waals surface area contributed by atoms with Crippen molar-refractivity contribution >= 4 is 23.5 Å². The van der Waals surface area contributed by atoms with Crippen molar-refractivity contribution in [1.29, 1.82) is 0 Å². The Hall–Kier alpha value is 0.330. The Morgan fingerprint density at radius 3 is 0.905 bits per heavy atom. The Balaban J connectivity index is 2.80. The van der Waals surface area contributed by atoms with E-state index in [1.165, 1.54) is 0 Å². The van der Waals surface area contributed by atoms with Crippen LogP contribution >= 0.6 is 23.5 Å². The van der Waals surface area contributed by atoms with Gasteiger partial charge >= 0.3 is 23.5 Å². The Morgan fingerprint density at radius 1 is 0.571 bits per heavy atom. The normalized spacial score (nSPS) is 28.6. The van der Waals surface area contributed by atoms with Crippen LogP contribution in [0.25, 0.3) is 0 Å². The van der Waals surface area contributed by atoms with Gasteiger partial charge in [0, 0.05) is 19.3 Å². The minimum Gasteiger partial charge on any atom is -0.303 e. The van der Waals surface area contributed by atoms with Gasteiger partial charge in [-0.25, -0.2) is 13.7 Å². The van der Waals surface area contributed by atoms with E-state index in [2.05, 4.69) is 13.6 Å². The van der Waals surface area contributed by atoms with Gasteiger partial charge in [-0.3, -0.25) is 13.6 Å². The Morgan fingerprint density at radius 2 is 0.762 bits per heavy atom. The first-order valence-corrected chi connectivity index (χ1v) is 10.0. The molecule has 0 spiro atoms. The van der Waals surface area contributed by atoms with E-state index in [0.717, 1.165) is 0 Å². The highest BCUT2D eigenvalue weighted by atomic mass is 31.2. The minimum atomic E-state index is -4.89. The van der Waals surface area contributed by atoms with Crippen LogP contribution < -0.4 is 0 Å². The zero-order valence-electron chi connectivity index (χ0n) is 10.3. The summed E-state index contributed by atoms with van der Waals surface area (Å²) >= 11 is 0. The molecule has 12 nitrogen and oxygen atoms in total. The number of hydrogen-bond donors (Lipinski definition) is 6. The van der Waals surface area contributed by atoms with Crippen LogP contribution in [0.3, 0.4) is 0 Å². The SMILES string of the molecule is O=P(O)(O)OC1CC(OP(=O)(O)O)CC(OP(=O)(O)O)C1. The molecule has 0 aromatic carbocycles. The maximum Gasteiger partial charge on any atom is 0.469 e. The van der Waals surface area contributed by atoms with Crippen molar-refractivity contribution in [3.63, 3.8) is 0 Å². The minimum absolute atomic E-state index is 0.281. The summed E-state index contributed by atoms with van der Waals surface area (Å²) in [5, 5.41) is 0. The van der Waals surface area contributed by atoms with Crippen LogP contribution in [0.1, 0.15) is 19.3 Å². The molecule has 6 N–H and O–H groups in total. The third-order valence-corrected chi connectivity index (χ3v) is 4.15. The monoisotopic (exact) mass is 372 g/mol. The van der Waals surface area contributed by atoms with Crippen LogP contribution in [0.5, 0.6) is 0 Å². The lowest BCUT2D eigenvalue weighted by molar-refractivity contribution is -0.0213. The highest BCUT2D eigenvalue weighted by molar-refractivity contribution is 7.46. The van der Waals surface area contributed by atoms with Gasteiger partial charge in [0.15, 0.2) is 0 Å². The van der Waals surface area contributed by atoms with Gasteiger partial charge < -0.3 is 29.4 Å². The molecule has 1 aliphatic rings. The second-order valence-electron chi connectivity index (χ2n) is 4.36. The van der Waals surface area contributed by atoms with Gasteiger partial charge in [0.1, 0.15) is 0 Å². The predicted octanol–water partition coefficient (Wildman–Crippen LogP) is -0.396. The Labute approximate surface area is 118 Å². The fourth-order valence-corrected chi connectivity index (χ4v) is 3.69. The summed E-state index contributed by atoms with van der Waals surface area (Å²) in [4.78, 5) is 52.2. The topological polar surface area (TPSA) is 200 Å². The van der Waals surface area contributed by atoms with Crippen LogP contribution in [0, 0.1) is 0 Å². The molecule has 0 bridgehead atoms. The predicted molar refractivity (Wildman–Crippen MR) is 64.6 cm³/mol. The lowest BCUT2D eigenvalue weighted by atomic mass is 9.93. The molecular formula is C6H15O12P3. The first kappa shape index (κ1) is 19.4. The highest BCUT2D eigenvalue weighted by Crippen LogP contribution is 2.48. The first-order valence-electron chi connectivity index (χ1n) is 5.45. The van der Waals surface area contributed by atoms with Crippen molar-refractivity contribution in [2.75, 3.05) is 0 Å². The summed E-state index contributed by atoms with van der Waals surface area (Å²) in [5.74, 6) is 0. The average Bonchev–Trinajstić information content (AvgIpc) is 2.06. The lowest BCUT2D eigenvalue weighted by Crippen LogP contribution is -2.36. The van der Waals surface area contributed by atoms with E-state index in [9.17, 15) is 13.7 Å². The molecule has 0 unspecified atom stereocenters. The van der Waals surface area contributed by atoms with Crippen molar-refractivity contribution in [3.8, 4) is 0 Å². The molecule has 0 aromatic rings. The van der Waals surface area contributed by atoms with E-state index in [1.807, 2.05) is 0 Å². The second kappa shape index (κ2) is 6.84. The molecule has 0 atom stereocenters. The maximum absolute atomic E-state index is 10.8. The molecule has 1 aliphatic carbocycles. The van der Waals surface area contributed by atoms with Crippen LogP contribution in [0.2, 0.25) is 0 Å². The summed E-state index contributed by atoms with van der Waals surface area (Å²) in [6, 6.07) is 0. The fourth-order valence-electron chi connectivity index (χ4n) is 2.01. The fraction of sp³-hybridized carbons (Fsp3) is 1.00. The van der Waals surface area contributed by atoms with E-state index in [4.69, 9.17) is 29.4 Å². The van der Waals surface area contributed by atoms with Crippen molar-refractivity contribution in [2.24, 2.45) is 0 Å². The molecule has 0 saturated heterocycles. The van der Waals surface area contributed by atoms with Gasteiger partial charge in [-0.15, -0.1) is 0 Å². The number of phosphoric ester groups is 3. The van der Waals surface area contributed by atoms with Crippen molar-refractivity contribution in [3.05, 3.63) is 0 Å². The summed E-state index contributed by atoms with van der Waals surface area (Å²) in [6.45, 7) is 0. The van der Waals surface area contributed by atoms with Gasteiger partial charge in [-0.05, 0) is 0 Å². The first-order chi connectivity index (χ1) is 9.23. The molecule has 1 saturated carbocycles. The van der Waals surface area contributed by atoms with Gasteiger partial charge in [0.2, 0.25) is 0 Å². The second-order valence-corrected chi connectivity index (χ2v) is 7.94. The van der Waals surface area contributed by atoms with E-state index in [0.29, 0.717) is 0 Å². The standard InChI is InChI=1S/C6H15O12P3/c7-19(8,9)16-4-1-5(17-20(10,11)12)3-6(2-4)18-21(13,14)15/h4-6H,1-3H2,(H2,7,8,9)(H2,10,11,12)(H2,13,14,15). The summed E-state index contributed by atoms with van der Waals surface area (Å²) in [6.07, 6.45) is -4.57. The summed E-state index contributed by atoms with van der Waals surface area (Å²) in [5.41, 5.74) is 0. The molecule has 0 aromatic heterocycles. The van der Waals surface area contributed by atoms with E-state index >= 15 is 0 Å². The molecule has 0 heterocycles. The van der Waals surface area contributed by atoms with Gasteiger partial charge in [0.25, 0.3) is 0 Å². The Kier molecular flexibility index (Phi) is 6.31. The molecule has 15 heteroatoms. The molecule has 126 valence electrons. The van der Waals surface area contributed by atoms with Crippen LogP contribution in [-0.4, -0.2) is 47.7 Å². The van der Waals surface area contributed by atoms with Crippen molar-refractivity contribution in [2.45, 2.75) is 37.6 Å².